The Bertz CT molecular complexity index is 961. The predicted octanol–water partition coefficient (Wildman–Crippen LogP) is 6.44. The molecule has 0 saturated heterocycles. The summed E-state index contributed by atoms with van der Waals surface area (Å²) in [6.07, 6.45) is 1.82. The van der Waals surface area contributed by atoms with Crippen LogP contribution in [0, 0.1) is 28.1 Å². The minimum atomic E-state index is -1.22. The number of hydrogen-bond acceptors (Lipinski definition) is 3. The number of aliphatic carboxylic acids is 1. The second-order valence-corrected chi connectivity index (χ2v) is 10.2. The lowest BCUT2D eigenvalue weighted by Gasteiger charge is -2.22. The Hall–Kier alpha value is -2.10. The molecule has 2 aromatic rings. The second-order valence-electron chi connectivity index (χ2n) is 7.38. The van der Waals surface area contributed by atoms with Crippen LogP contribution in [-0.4, -0.2) is 11.1 Å². The van der Waals surface area contributed by atoms with E-state index in [0.717, 1.165) is 0 Å². The minimum Gasteiger partial charge on any atom is -0.481 e. The zero-order valence-corrected chi connectivity index (χ0v) is 18.6. The molecule has 3 atom stereocenters. The van der Waals surface area contributed by atoms with Crippen molar-refractivity contribution in [3.05, 3.63) is 69.6 Å². The number of carboxylic acids is 1. The fraction of sp³-hybridized carbons (Fsp3) is 0.273. The zero-order chi connectivity index (χ0) is 20.5. The van der Waals surface area contributed by atoms with Gasteiger partial charge in [0.2, 0.25) is 0 Å². The number of rotatable bonds is 6. The van der Waals surface area contributed by atoms with Crippen LogP contribution in [0.25, 0.3) is 0 Å². The number of nitrogens with zero attached hydrogens (tertiary/aromatic N) is 1. The van der Waals surface area contributed by atoms with Gasteiger partial charge in [-0.25, -0.2) is 0 Å². The summed E-state index contributed by atoms with van der Waals surface area (Å²) in [5.74, 6) is -0.843. The van der Waals surface area contributed by atoms with Crippen molar-refractivity contribution in [1.29, 1.82) is 5.26 Å². The van der Waals surface area contributed by atoms with Crippen molar-refractivity contribution in [2.75, 3.05) is 0 Å². The van der Waals surface area contributed by atoms with Crippen LogP contribution in [-0.2, 0) is 4.79 Å². The molecule has 28 heavy (non-hydrogen) atoms. The van der Waals surface area contributed by atoms with E-state index in [1.54, 1.807) is 24.3 Å². The number of nitriles is 1. The highest BCUT2D eigenvalue weighted by Gasteiger charge is 2.78. The number of halogens is 2. The van der Waals surface area contributed by atoms with Crippen molar-refractivity contribution in [2.45, 2.75) is 19.8 Å². The molecule has 0 radical (unpaired) electrons. The van der Waals surface area contributed by atoms with Crippen LogP contribution in [0.3, 0.4) is 0 Å². The third kappa shape index (κ3) is 3.38. The highest BCUT2D eigenvalue weighted by molar-refractivity contribution is 9.28. The maximum Gasteiger partial charge on any atom is 0.312 e. The molecule has 144 valence electrons. The summed E-state index contributed by atoms with van der Waals surface area (Å²) in [5, 5.41) is 20.1. The molecule has 0 bridgehead atoms. The van der Waals surface area contributed by atoms with Crippen molar-refractivity contribution < 1.29 is 14.6 Å². The van der Waals surface area contributed by atoms with E-state index in [-0.39, 0.29) is 5.92 Å². The largest absolute Gasteiger partial charge is 0.481 e. The summed E-state index contributed by atoms with van der Waals surface area (Å²) in [6, 6.07) is 18.7. The molecule has 1 aliphatic rings. The molecule has 0 heterocycles. The van der Waals surface area contributed by atoms with Crippen LogP contribution in [0.2, 0.25) is 0 Å². The summed E-state index contributed by atoms with van der Waals surface area (Å²) in [7, 11) is 0. The molecule has 3 rings (SSSR count). The number of para-hydroxylation sites is 1. The lowest BCUT2D eigenvalue weighted by molar-refractivity contribution is -0.145. The van der Waals surface area contributed by atoms with E-state index in [1.807, 2.05) is 50.3 Å². The Morgan fingerprint density at radius 2 is 1.82 bits per heavy atom. The topological polar surface area (TPSA) is 70.3 Å². The van der Waals surface area contributed by atoms with Gasteiger partial charge in [-0.2, -0.15) is 5.26 Å². The Kier molecular flexibility index (Phi) is 5.69. The third-order valence-corrected chi connectivity index (χ3v) is 6.18. The Morgan fingerprint density at radius 3 is 2.39 bits per heavy atom. The highest BCUT2D eigenvalue weighted by atomic mass is 79.9. The van der Waals surface area contributed by atoms with Crippen molar-refractivity contribution in [3.8, 4) is 17.6 Å². The van der Waals surface area contributed by atoms with Gasteiger partial charge in [0.25, 0.3) is 0 Å². The van der Waals surface area contributed by atoms with Crippen molar-refractivity contribution in [2.24, 2.45) is 16.7 Å². The van der Waals surface area contributed by atoms with Crippen LogP contribution in [0.1, 0.15) is 25.3 Å². The summed E-state index contributed by atoms with van der Waals surface area (Å²) in [4.78, 5) is 12.4. The lowest BCUT2D eigenvalue weighted by Crippen LogP contribution is -2.28. The van der Waals surface area contributed by atoms with Gasteiger partial charge in [-0.15, -0.1) is 0 Å². The fourth-order valence-electron chi connectivity index (χ4n) is 4.21. The highest BCUT2D eigenvalue weighted by Crippen LogP contribution is 2.75. The number of allylic oxidation sites excluding steroid dienone is 1. The van der Waals surface area contributed by atoms with Gasteiger partial charge in [-0.3, -0.25) is 4.79 Å². The number of carbonyl (C=O) groups is 1. The standard InChI is InChI=1S/C22H19Br2NO3/c1-21(2)18(12-19(23)24)22(21,20(26)27)17(13-25)14-7-6-10-16(11-14)28-15-8-4-3-5-9-15/h3-12,17-18H,1-2H3,(H,26,27)/t17?,18-,22+/m0/s1. The average molecular weight is 505 g/mol. The summed E-state index contributed by atoms with van der Waals surface area (Å²) < 4.78 is 6.55. The summed E-state index contributed by atoms with van der Waals surface area (Å²) in [6.45, 7) is 3.78. The molecule has 2 aromatic carbocycles. The first-order valence-electron chi connectivity index (χ1n) is 8.73. The second kappa shape index (κ2) is 7.73. The summed E-state index contributed by atoms with van der Waals surface area (Å²) in [5.41, 5.74) is -1.17. The maximum absolute atomic E-state index is 12.4. The van der Waals surface area contributed by atoms with Gasteiger partial charge in [0.05, 0.1) is 15.4 Å². The molecular formula is C22H19Br2NO3. The molecular weight excluding hydrogens is 486 g/mol. The van der Waals surface area contributed by atoms with Gasteiger partial charge in [-0.1, -0.05) is 50.3 Å². The normalized spacial score (nSPS) is 23.2. The Morgan fingerprint density at radius 1 is 1.18 bits per heavy atom. The Balaban J connectivity index is 2.01. The molecule has 4 nitrogen and oxygen atoms in total. The average Bonchev–Trinajstić information content (AvgIpc) is 3.12. The van der Waals surface area contributed by atoms with E-state index < -0.39 is 22.7 Å². The van der Waals surface area contributed by atoms with Gasteiger partial charge < -0.3 is 9.84 Å². The van der Waals surface area contributed by atoms with Gasteiger partial charge >= 0.3 is 5.97 Å². The molecule has 1 unspecified atom stereocenters. The first kappa shape index (κ1) is 20.6. The van der Waals surface area contributed by atoms with Crippen molar-refractivity contribution in [3.63, 3.8) is 0 Å². The number of carboxylic acid groups (broad SMARTS) is 1. The molecule has 1 N–H and O–H groups in total. The quantitative estimate of drug-likeness (QED) is 0.491. The molecule has 1 saturated carbocycles. The zero-order valence-electron chi connectivity index (χ0n) is 15.4. The molecule has 0 spiro atoms. The van der Waals surface area contributed by atoms with E-state index >= 15 is 0 Å². The molecule has 0 aliphatic heterocycles. The molecule has 1 aliphatic carbocycles. The predicted molar refractivity (Wildman–Crippen MR) is 115 cm³/mol. The minimum absolute atomic E-state index is 0.297. The first-order chi connectivity index (χ1) is 13.2. The van der Waals surface area contributed by atoms with Crippen molar-refractivity contribution in [1.82, 2.24) is 0 Å². The van der Waals surface area contributed by atoms with Gasteiger partial charge in [0, 0.05) is 5.92 Å². The first-order valence-corrected chi connectivity index (χ1v) is 10.3. The molecule has 1 fully saturated rings. The fourth-order valence-corrected chi connectivity index (χ4v) is 4.74. The number of hydrogen-bond donors (Lipinski definition) is 1. The van der Waals surface area contributed by atoms with Crippen LogP contribution >= 0.6 is 31.9 Å². The Labute approximate surface area is 181 Å². The van der Waals surface area contributed by atoms with Crippen LogP contribution < -0.4 is 4.74 Å². The van der Waals surface area contributed by atoms with E-state index in [4.69, 9.17) is 4.74 Å². The van der Waals surface area contributed by atoms with Gasteiger partial charge in [0.15, 0.2) is 0 Å². The molecule has 0 aromatic heterocycles. The lowest BCUT2D eigenvalue weighted by atomic mass is 9.78. The monoisotopic (exact) mass is 503 g/mol. The smallest absolute Gasteiger partial charge is 0.312 e. The summed E-state index contributed by atoms with van der Waals surface area (Å²) >= 11 is 6.65. The van der Waals surface area contributed by atoms with Gasteiger partial charge in [0.1, 0.15) is 16.9 Å². The van der Waals surface area contributed by atoms with E-state index in [1.165, 1.54) is 0 Å². The van der Waals surface area contributed by atoms with Crippen LogP contribution in [0.4, 0.5) is 0 Å². The van der Waals surface area contributed by atoms with E-state index in [0.29, 0.717) is 20.5 Å². The molecule has 0 amide bonds. The van der Waals surface area contributed by atoms with Crippen molar-refractivity contribution >= 4 is 37.8 Å². The van der Waals surface area contributed by atoms with Gasteiger partial charge in [-0.05, 0) is 67.1 Å². The number of ether oxygens (including phenoxy) is 1. The maximum atomic E-state index is 12.4. The van der Waals surface area contributed by atoms with Crippen LogP contribution in [0.5, 0.6) is 11.5 Å². The third-order valence-electron chi connectivity index (χ3n) is 5.65. The van der Waals surface area contributed by atoms with Crippen LogP contribution in [0.15, 0.2) is 64.1 Å². The number of benzene rings is 2. The van der Waals surface area contributed by atoms with E-state index in [9.17, 15) is 15.2 Å². The molecule has 6 heteroatoms. The van der Waals surface area contributed by atoms with E-state index in [2.05, 4.69) is 37.9 Å². The SMILES string of the molecule is CC1(C)[C@H](C=C(Br)Br)[C@@]1(C(=O)O)C(C#N)c1cccc(Oc2ccccc2)c1.